The van der Waals surface area contributed by atoms with Crippen molar-refractivity contribution in [3.63, 3.8) is 0 Å². The molecule has 0 atom stereocenters. The van der Waals surface area contributed by atoms with Gasteiger partial charge in [-0.05, 0) is 22.4 Å². The molecule has 0 amide bonds. The van der Waals surface area contributed by atoms with Crippen molar-refractivity contribution in [1.82, 2.24) is 20.2 Å². The van der Waals surface area contributed by atoms with Crippen molar-refractivity contribution in [3.05, 3.63) is 24.1 Å². The van der Waals surface area contributed by atoms with Crippen LogP contribution in [0.15, 0.2) is 27.4 Å². The van der Waals surface area contributed by atoms with Gasteiger partial charge in [0, 0.05) is 44.2 Å². The Hall–Kier alpha value is -2.78. The number of aromatic nitrogens is 3. The average Bonchev–Trinajstić information content (AvgIpc) is 3.33. The molecule has 9 heteroatoms. The number of aldehydes is 1. The lowest BCUT2D eigenvalue weighted by Crippen LogP contribution is -2.53. The van der Waals surface area contributed by atoms with Crippen LogP contribution in [0.2, 0.25) is 0 Å². The van der Waals surface area contributed by atoms with Gasteiger partial charge in [-0.25, -0.2) is 9.61 Å². The van der Waals surface area contributed by atoms with Crippen molar-refractivity contribution >= 4 is 23.0 Å². The second-order valence-electron chi connectivity index (χ2n) is 7.00. The number of anilines is 1. The van der Waals surface area contributed by atoms with Gasteiger partial charge < -0.3 is 14.1 Å². The van der Waals surface area contributed by atoms with E-state index in [2.05, 4.69) is 25.1 Å². The second kappa shape index (κ2) is 6.75. The number of morpholine rings is 1. The molecule has 4 heterocycles. The number of carbonyl (C=O) groups excluding carboxylic acids is 1. The van der Waals surface area contributed by atoms with E-state index in [4.69, 9.17) is 13.8 Å². The van der Waals surface area contributed by atoms with Crippen LogP contribution in [-0.2, 0) is 4.74 Å². The van der Waals surface area contributed by atoms with Crippen molar-refractivity contribution < 1.29 is 18.6 Å². The molecule has 2 fully saturated rings. The van der Waals surface area contributed by atoms with E-state index < -0.39 is 0 Å². The van der Waals surface area contributed by atoms with Crippen LogP contribution in [0.5, 0.6) is 0 Å². The minimum atomic E-state index is 0.194. The predicted molar refractivity (Wildman–Crippen MR) is 95.7 cm³/mol. The minimum Gasteiger partial charge on any atom is -0.433 e. The summed E-state index contributed by atoms with van der Waals surface area (Å²) in [5, 5.41) is 8.03. The Morgan fingerprint density at radius 3 is 2.81 bits per heavy atom. The molecule has 0 bridgehead atoms. The number of benzene rings is 1. The number of carbonyl (C=O) groups is 1. The van der Waals surface area contributed by atoms with E-state index in [1.807, 2.05) is 6.07 Å². The highest BCUT2D eigenvalue weighted by molar-refractivity contribution is 5.92. The monoisotopic (exact) mass is 369 g/mol. The molecule has 140 valence electrons. The van der Waals surface area contributed by atoms with E-state index in [-0.39, 0.29) is 5.76 Å². The molecule has 0 N–H and O–H groups in total. The van der Waals surface area contributed by atoms with Gasteiger partial charge in [0.15, 0.2) is 17.6 Å². The van der Waals surface area contributed by atoms with Gasteiger partial charge in [-0.15, -0.1) is 0 Å². The molecule has 3 aromatic rings. The summed E-state index contributed by atoms with van der Waals surface area (Å²) in [6.07, 6.45) is 2.05. The van der Waals surface area contributed by atoms with Crippen molar-refractivity contribution in [1.29, 1.82) is 0 Å². The SMILES string of the molecule is O=Cc1cnc(-c2cc(N3CC(CN4CCOCC4)C3)c3nonc3c2)o1. The van der Waals surface area contributed by atoms with Crippen LogP contribution in [0, 0.1) is 5.92 Å². The van der Waals surface area contributed by atoms with Gasteiger partial charge in [-0.3, -0.25) is 9.69 Å². The van der Waals surface area contributed by atoms with Crippen LogP contribution in [-0.4, -0.2) is 72.4 Å². The Kier molecular flexibility index (Phi) is 4.10. The topological polar surface area (TPSA) is 97.7 Å². The van der Waals surface area contributed by atoms with Gasteiger partial charge in [-0.1, -0.05) is 0 Å². The highest BCUT2D eigenvalue weighted by atomic mass is 16.6. The van der Waals surface area contributed by atoms with Crippen LogP contribution in [0.3, 0.4) is 0 Å². The van der Waals surface area contributed by atoms with Gasteiger partial charge in [0.2, 0.25) is 5.89 Å². The zero-order valence-corrected chi connectivity index (χ0v) is 14.7. The van der Waals surface area contributed by atoms with E-state index in [0.29, 0.717) is 23.6 Å². The van der Waals surface area contributed by atoms with E-state index >= 15 is 0 Å². The maximum absolute atomic E-state index is 10.9. The van der Waals surface area contributed by atoms with E-state index in [1.165, 1.54) is 6.20 Å². The first kappa shape index (κ1) is 16.4. The molecule has 2 aliphatic rings. The largest absolute Gasteiger partial charge is 0.433 e. The lowest BCUT2D eigenvalue weighted by atomic mass is 9.97. The number of fused-ring (bicyclic) bond motifs is 1. The smallest absolute Gasteiger partial charge is 0.227 e. The number of hydrogen-bond donors (Lipinski definition) is 0. The van der Waals surface area contributed by atoms with Crippen LogP contribution in [0.1, 0.15) is 10.6 Å². The number of hydrogen-bond acceptors (Lipinski definition) is 9. The Morgan fingerprint density at radius 2 is 2.04 bits per heavy atom. The molecule has 0 radical (unpaired) electrons. The summed E-state index contributed by atoms with van der Waals surface area (Å²) in [4.78, 5) is 19.8. The van der Waals surface area contributed by atoms with E-state index in [1.54, 1.807) is 6.07 Å². The fourth-order valence-electron chi connectivity index (χ4n) is 3.74. The Balaban J connectivity index is 1.37. The molecular weight excluding hydrogens is 350 g/mol. The molecule has 9 nitrogen and oxygen atoms in total. The Morgan fingerprint density at radius 1 is 1.19 bits per heavy atom. The number of oxazole rings is 1. The van der Waals surface area contributed by atoms with Gasteiger partial charge >= 0.3 is 0 Å². The standard InChI is InChI=1S/C18H19N5O4/c24-11-14-7-19-18(26-14)13-5-15-17(21-27-20-15)16(6-13)23-9-12(10-23)8-22-1-3-25-4-2-22/h5-7,11-12H,1-4,8-10H2. The Labute approximate surface area is 154 Å². The van der Waals surface area contributed by atoms with Gasteiger partial charge in [-0.2, -0.15) is 0 Å². The van der Waals surface area contributed by atoms with Crippen molar-refractivity contribution in [3.8, 4) is 11.5 Å². The molecule has 0 aliphatic carbocycles. The quantitative estimate of drug-likeness (QED) is 0.619. The highest BCUT2D eigenvalue weighted by Crippen LogP contribution is 2.35. The molecule has 2 saturated heterocycles. The summed E-state index contributed by atoms with van der Waals surface area (Å²) < 4.78 is 15.8. The summed E-state index contributed by atoms with van der Waals surface area (Å²) in [5.74, 6) is 1.19. The lowest BCUT2D eigenvalue weighted by Gasteiger charge is -2.43. The lowest BCUT2D eigenvalue weighted by molar-refractivity contribution is 0.0286. The maximum atomic E-state index is 10.9. The third-order valence-corrected chi connectivity index (χ3v) is 5.15. The fraction of sp³-hybridized carbons (Fsp3) is 0.444. The van der Waals surface area contributed by atoms with Gasteiger partial charge in [0.25, 0.3) is 0 Å². The third kappa shape index (κ3) is 3.08. The molecular formula is C18H19N5O4. The van der Waals surface area contributed by atoms with Gasteiger partial charge in [0.05, 0.1) is 25.1 Å². The maximum Gasteiger partial charge on any atom is 0.227 e. The summed E-state index contributed by atoms with van der Waals surface area (Å²) in [7, 11) is 0. The molecule has 0 saturated carbocycles. The Bertz CT molecular complexity index is 956. The van der Waals surface area contributed by atoms with Crippen molar-refractivity contribution in [2.45, 2.75) is 0 Å². The van der Waals surface area contributed by atoms with Gasteiger partial charge in [0.1, 0.15) is 5.52 Å². The molecule has 5 rings (SSSR count). The van der Waals surface area contributed by atoms with Crippen LogP contribution in [0.25, 0.3) is 22.5 Å². The summed E-state index contributed by atoms with van der Waals surface area (Å²) in [6, 6.07) is 3.78. The zero-order chi connectivity index (χ0) is 18.2. The normalized spacial score (nSPS) is 18.7. The third-order valence-electron chi connectivity index (χ3n) is 5.15. The van der Waals surface area contributed by atoms with Crippen LogP contribution in [0.4, 0.5) is 5.69 Å². The second-order valence-corrected chi connectivity index (χ2v) is 7.00. The van der Waals surface area contributed by atoms with Crippen LogP contribution < -0.4 is 4.90 Å². The molecule has 27 heavy (non-hydrogen) atoms. The molecule has 0 unspecified atom stereocenters. The molecule has 0 spiro atoms. The average molecular weight is 369 g/mol. The van der Waals surface area contributed by atoms with Crippen LogP contribution >= 0.6 is 0 Å². The summed E-state index contributed by atoms with van der Waals surface area (Å²) >= 11 is 0. The minimum absolute atomic E-state index is 0.194. The highest BCUT2D eigenvalue weighted by Gasteiger charge is 2.31. The fourth-order valence-corrected chi connectivity index (χ4v) is 3.74. The van der Waals surface area contributed by atoms with Crippen molar-refractivity contribution in [2.24, 2.45) is 5.92 Å². The first-order valence-electron chi connectivity index (χ1n) is 9.03. The van der Waals surface area contributed by atoms with E-state index in [9.17, 15) is 4.79 Å². The first-order chi connectivity index (χ1) is 13.3. The number of rotatable bonds is 5. The molecule has 2 aliphatic heterocycles. The van der Waals surface area contributed by atoms with Crippen molar-refractivity contribution in [2.75, 3.05) is 50.8 Å². The first-order valence-corrected chi connectivity index (χ1v) is 9.03. The number of ether oxygens (including phenoxy) is 1. The molecule has 1 aromatic carbocycles. The zero-order valence-electron chi connectivity index (χ0n) is 14.7. The number of nitrogens with zero attached hydrogens (tertiary/aromatic N) is 5. The predicted octanol–water partition coefficient (Wildman–Crippen LogP) is 1.46. The summed E-state index contributed by atoms with van der Waals surface area (Å²) in [6.45, 7) is 6.65. The van der Waals surface area contributed by atoms with E-state index in [0.717, 1.165) is 62.7 Å². The summed E-state index contributed by atoms with van der Waals surface area (Å²) in [5.41, 5.74) is 3.07. The molecule has 2 aromatic heterocycles.